The summed E-state index contributed by atoms with van der Waals surface area (Å²) in [6.45, 7) is 6.51. The molecule has 1 aliphatic heterocycles. The van der Waals surface area contributed by atoms with Gasteiger partial charge in [0.2, 0.25) is 0 Å². The second kappa shape index (κ2) is 6.95. The molecule has 1 aliphatic rings. The van der Waals surface area contributed by atoms with Crippen molar-refractivity contribution in [3.63, 3.8) is 0 Å². The third kappa shape index (κ3) is 3.97. The molecule has 0 bridgehead atoms. The SMILES string of the molecule is CC(C)c1ccccc1OCCC1CCCCN1C. The van der Waals surface area contributed by atoms with Crippen LogP contribution in [0.1, 0.15) is 51.0 Å². The minimum Gasteiger partial charge on any atom is -0.493 e. The fourth-order valence-corrected chi connectivity index (χ4v) is 2.90. The van der Waals surface area contributed by atoms with Crippen molar-refractivity contribution in [1.82, 2.24) is 4.90 Å². The maximum absolute atomic E-state index is 6.02. The molecule has 1 heterocycles. The summed E-state index contributed by atoms with van der Waals surface area (Å²) >= 11 is 0. The van der Waals surface area contributed by atoms with Gasteiger partial charge in [0.15, 0.2) is 0 Å². The van der Waals surface area contributed by atoms with E-state index in [-0.39, 0.29) is 0 Å². The Morgan fingerprint density at radius 1 is 1.26 bits per heavy atom. The predicted octanol–water partition coefficient (Wildman–Crippen LogP) is 4.06. The molecule has 1 fully saturated rings. The van der Waals surface area contributed by atoms with Crippen LogP contribution < -0.4 is 4.74 Å². The van der Waals surface area contributed by atoms with Gasteiger partial charge in [-0.25, -0.2) is 0 Å². The fraction of sp³-hybridized carbons (Fsp3) is 0.647. The molecule has 0 N–H and O–H groups in total. The molecule has 2 heteroatoms. The van der Waals surface area contributed by atoms with Gasteiger partial charge in [0.1, 0.15) is 5.75 Å². The minimum absolute atomic E-state index is 0.522. The van der Waals surface area contributed by atoms with Crippen LogP contribution in [-0.4, -0.2) is 31.1 Å². The first-order valence-electron chi connectivity index (χ1n) is 7.60. The largest absolute Gasteiger partial charge is 0.493 e. The van der Waals surface area contributed by atoms with Crippen LogP contribution in [0.5, 0.6) is 5.75 Å². The number of hydrogen-bond acceptors (Lipinski definition) is 2. The summed E-state index contributed by atoms with van der Waals surface area (Å²) in [5, 5.41) is 0. The van der Waals surface area contributed by atoms with Crippen molar-refractivity contribution in [1.29, 1.82) is 0 Å². The van der Waals surface area contributed by atoms with Crippen LogP contribution >= 0.6 is 0 Å². The van der Waals surface area contributed by atoms with E-state index in [2.05, 4.69) is 50.1 Å². The first kappa shape index (κ1) is 14.4. The summed E-state index contributed by atoms with van der Waals surface area (Å²) < 4.78 is 6.02. The quantitative estimate of drug-likeness (QED) is 0.792. The van der Waals surface area contributed by atoms with Crippen molar-refractivity contribution in [2.45, 2.75) is 51.5 Å². The second-order valence-electron chi connectivity index (χ2n) is 5.96. The molecule has 106 valence electrons. The van der Waals surface area contributed by atoms with E-state index in [1.54, 1.807) is 0 Å². The number of rotatable bonds is 5. The molecule has 0 aliphatic carbocycles. The van der Waals surface area contributed by atoms with E-state index in [1.807, 2.05) is 0 Å². The van der Waals surface area contributed by atoms with E-state index in [0.29, 0.717) is 12.0 Å². The van der Waals surface area contributed by atoms with E-state index in [9.17, 15) is 0 Å². The Bertz CT molecular complexity index is 389. The molecule has 2 nitrogen and oxygen atoms in total. The zero-order chi connectivity index (χ0) is 13.7. The molecule has 1 unspecified atom stereocenters. The highest BCUT2D eigenvalue weighted by atomic mass is 16.5. The summed E-state index contributed by atoms with van der Waals surface area (Å²) in [6, 6.07) is 9.14. The van der Waals surface area contributed by atoms with Gasteiger partial charge in [0.25, 0.3) is 0 Å². The monoisotopic (exact) mass is 261 g/mol. The van der Waals surface area contributed by atoms with E-state index < -0.39 is 0 Å². The minimum atomic E-state index is 0.522. The van der Waals surface area contributed by atoms with E-state index in [1.165, 1.54) is 31.4 Å². The van der Waals surface area contributed by atoms with E-state index in [4.69, 9.17) is 4.74 Å². The second-order valence-corrected chi connectivity index (χ2v) is 5.96. The molecule has 1 aromatic carbocycles. The summed E-state index contributed by atoms with van der Waals surface area (Å²) in [6.07, 6.45) is 5.19. The molecule has 0 spiro atoms. The fourth-order valence-electron chi connectivity index (χ4n) is 2.90. The molecule has 1 aromatic rings. The number of nitrogens with zero attached hydrogens (tertiary/aromatic N) is 1. The average molecular weight is 261 g/mol. The molecule has 19 heavy (non-hydrogen) atoms. The van der Waals surface area contributed by atoms with Crippen LogP contribution in [0.2, 0.25) is 0 Å². The number of piperidine rings is 1. The van der Waals surface area contributed by atoms with Gasteiger partial charge < -0.3 is 9.64 Å². The smallest absolute Gasteiger partial charge is 0.122 e. The van der Waals surface area contributed by atoms with Crippen LogP contribution in [0.4, 0.5) is 0 Å². The highest BCUT2D eigenvalue weighted by Gasteiger charge is 2.18. The lowest BCUT2D eigenvalue weighted by Gasteiger charge is -2.32. The van der Waals surface area contributed by atoms with Crippen molar-refractivity contribution >= 4 is 0 Å². The van der Waals surface area contributed by atoms with Gasteiger partial charge in [-0.05, 0) is 50.4 Å². The normalized spacial score (nSPS) is 20.7. The zero-order valence-electron chi connectivity index (χ0n) is 12.6. The Hall–Kier alpha value is -1.02. The Kier molecular flexibility index (Phi) is 5.26. The maximum Gasteiger partial charge on any atom is 0.122 e. The van der Waals surface area contributed by atoms with Gasteiger partial charge in [-0.2, -0.15) is 0 Å². The maximum atomic E-state index is 6.02. The Balaban J connectivity index is 1.85. The highest BCUT2D eigenvalue weighted by Crippen LogP contribution is 2.26. The molecule has 1 atom stereocenters. The van der Waals surface area contributed by atoms with E-state index in [0.717, 1.165) is 18.8 Å². The summed E-state index contributed by atoms with van der Waals surface area (Å²) in [4.78, 5) is 2.49. The van der Waals surface area contributed by atoms with Gasteiger partial charge in [-0.15, -0.1) is 0 Å². The lowest BCUT2D eigenvalue weighted by Crippen LogP contribution is -2.37. The Morgan fingerprint density at radius 2 is 2.05 bits per heavy atom. The Morgan fingerprint density at radius 3 is 2.79 bits per heavy atom. The molecule has 0 radical (unpaired) electrons. The van der Waals surface area contributed by atoms with Gasteiger partial charge in [-0.1, -0.05) is 38.5 Å². The third-order valence-corrected chi connectivity index (χ3v) is 4.17. The van der Waals surface area contributed by atoms with Gasteiger partial charge in [0.05, 0.1) is 6.61 Å². The van der Waals surface area contributed by atoms with Crippen LogP contribution in [0.3, 0.4) is 0 Å². The van der Waals surface area contributed by atoms with Crippen molar-refractivity contribution in [3.05, 3.63) is 29.8 Å². The lowest BCUT2D eigenvalue weighted by atomic mass is 10.0. The van der Waals surface area contributed by atoms with E-state index >= 15 is 0 Å². The highest BCUT2D eigenvalue weighted by molar-refractivity contribution is 5.35. The Labute approximate surface area is 117 Å². The van der Waals surface area contributed by atoms with Gasteiger partial charge >= 0.3 is 0 Å². The van der Waals surface area contributed by atoms with Crippen molar-refractivity contribution in [2.24, 2.45) is 0 Å². The van der Waals surface area contributed by atoms with Crippen molar-refractivity contribution in [3.8, 4) is 5.75 Å². The van der Waals surface area contributed by atoms with Gasteiger partial charge in [0, 0.05) is 6.04 Å². The molecule has 0 aromatic heterocycles. The topological polar surface area (TPSA) is 12.5 Å². The number of ether oxygens (including phenoxy) is 1. The average Bonchev–Trinajstić information content (AvgIpc) is 2.41. The van der Waals surface area contributed by atoms with Crippen LogP contribution in [0.15, 0.2) is 24.3 Å². The molecule has 0 saturated carbocycles. The third-order valence-electron chi connectivity index (χ3n) is 4.17. The molecule has 1 saturated heterocycles. The molecule has 2 rings (SSSR count). The molecular weight excluding hydrogens is 234 g/mol. The number of benzene rings is 1. The van der Waals surface area contributed by atoms with Gasteiger partial charge in [-0.3, -0.25) is 0 Å². The molecular formula is C17H27NO. The number of likely N-dealkylation sites (tertiary alicyclic amines) is 1. The number of para-hydroxylation sites is 1. The first-order chi connectivity index (χ1) is 9.18. The van der Waals surface area contributed by atoms with Crippen LogP contribution in [0, 0.1) is 0 Å². The van der Waals surface area contributed by atoms with Crippen molar-refractivity contribution < 1.29 is 4.74 Å². The first-order valence-corrected chi connectivity index (χ1v) is 7.60. The van der Waals surface area contributed by atoms with Crippen LogP contribution in [0.25, 0.3) is 0 Å². The van der Waals surface area contributed by atoms with Crippen molar-refractivity contribution in [2.75, 3.05) is 20.2 Å². The summed E-state index contributed by atoms with van der Waals surface area (Å²) in [5.41, 5.74) is 1.32. The number of hydrogen-bond donors (Lipinski definition) is 0. The summed E-state index contributed by atoms with van der Waals surface area (Å²) in [7, 11) is 2.24. The lowest BCUT2D eigenvalue weighted by molar-refractivity contribution is 0.152. The zero-order valence-corrected chi connectivity index (χ0v) is 12.6. The van der Waals surface area contributed by atoms with Crippen LogP contribution in [-0.2, 0) is 0 Å². The summed E-state index contributed by atoms with van der Waals surface area (Å²) in [5.74, 6) is 1.59. The molecule has 0 amide bonds. The predicted molar refractivity (Wildman–Crippen MR) is 80.9 cm³/mol. The standard InChI is InChI=1S/C17H27NO/c1-14(2)16-9-4-5-10-17(16)19-13-11-15-8-6-7-12-18(15)3/h4-5,9-10,14-15H,6-8,11-13H2,1-3H3.